The Bertz CT molecular complexity index is 621. The van der Waals surface area contributed by atoms with Gasteiger partial charge in [0.25, 0.3) is 6.10 Å². The van der Waals surface area contributed by atoms with Crippen LogP contribution in [0.2, 0.25) is 0 Å². The summed E-state index contributed by atoms with van der Waals surface area (Å²) in [5.74, 6) is -6.39. The van der Waals surface area contributed by atoms with Crippen molar-refractivity contribution < 1.29 is 54.9 Å². The fourth-order valence-electron chi connectivity index (χ4n) is 3.05. The van der Waals surface area contributed by atoms with Crippen LogP contribution in [-0.4, -0.2) is 52.5 Å². The first-order chi connectivity index (χ1) is 12.8. The average molecular weight is 532 g/mol. The van der Waals surface area contributed by atoms with E-state index >= 15 is 0 Å². The Kier molecular flexibility index (Phi) is 6.76. The van der Waals surface area contributed by atoms with Crippen LogP contribution in [0.25, 0.3) is 0 Å². The number of halogens is 7. The lowest BCUT2D eigenvalue weighted by atomic mass is 9.78. The molecule has 0 amide bonds. The first kappa shape index (κ1) is 23.0. The van der Waals surface area contributed by atoms with Gasteiger partial charge in [0, 0.05) is 12.8 Å². The SMILES string of the molecule is CCC(I)C(=O)OC1CC(C(=O)OC(C(F)(F)F)C(F)(F)F)C2CC1OC2=O. The molecule has 6 nitrogen and oxygen atoms in total. The second-order valence-electron chi connectivity index (χ2n) is 6.41. The lowest BCUT2D eigenvalue weighted by Crippen LogP contribution is -2.48. The molecule has 0 aromatic carbocycles. The molecule has 1 saturated carbocycles. The summed E-state index contributed by atoms with van der Waals surface area (Å²) in [5.41, 5.74) is 0. The maximum atomic E-state index is 12.6. The van der Waals surface area contributed by atoms with E-state index in [1.807, 2.05) is 0 Å². The van der Waals surface area contributed by atoms with Crippen LogP contribution in [0.15, 0.2) is 0 Å². The highest BCUT2D eigenvalue weighted by molar-refractivity contribution is 14.1. The van der Waals surface area contributed by atoms with Crippen LogP contribution in [0.3, 0.4) is 0 Å². The molecule has 1 aliphatic heterocycles. The highest BCUT2D eigenvalue weighted by atomic mass is 127. The van der Waals surface area contributed by atoms with E-state index in [0.29, 0.717) is 6.42 Å². The van der Waals surface area contributed by atoms with Crippen LogP contribution in [0.4, 0.5) is 26.3 Å². The van der Waals surface area contributed by atoms with Gasteiger partial charge in [-0.1, -0.05) is 29.5 Å². The first-order valence-electron chi connectivity index (χ1n) is 8.14. The summed E-state index contributed by atoms with van der Waals surface area (Å²) >= 11 is 1.79. The highest BCUT2D eigenvalue weighted by Gasteiger charge is 2.61. The van der Waals surface area contributed by atoms with E-state index in [2.05, 4.69) is 4.74 Å². The number of fused-ring (bicyclic) bond motifs is 2. The topological polar surface area (TPSA) is 78.9 Å². The van der Waals surface area contributed by atoms with Gasteiger partial charge in [0.05, 0.1) is 11.8 Å². The molecular weight excluding hydrogens is 517 g/mol. The molecule has 2 aliphatic rings. The van der Waals surface area contributed by atoms with Crippen molar-refractivity contribution in [1.82, 2.24) is 0 Å². The van der Waals surface area contributed by atoms with Crippen LogP contribution in [0, 0.1) is 11.8 Å². The zero-order valence-electron chi connectivity index (χ0n) is 14.2. The Hall–Kier alpha value is -1.28. The molecule has 0 aromatic heterocycles. The quantitative estimate of drug-likeness (QED) is 0.178. The zero-order chi connectivity index (χ0) is 21.4. The molecule has 1 heterocycles. The summed E-state index contributed by atoms with van der Waals surface area (Å²) in [7, 11) is 0. The number of hydrogen-bond acceptors (Lipinski definition) is 6. The van der Waals surface area contributed by atoms with Crippen molar-refractivity contribution in [3.05, 3.63) is 0 Å². The third kappa shape index (κ3) is 5.00. The summed E-state index contributed by atoms with van der Waals surface area (Å²) in [6, 6.07) is 0. The minimum Gasteiger partial charge on any atom is -0.458 e. The van der Waals surface area contributed by atoms with Crippen LogP contribution < -0.4 is 0 Å². The smallest absolute Gasteiger partial charge is 0.434 e. The first-order valence-corrected chi connectivity index (χ1v) is 9.39. The number of esters is 3. The van der Waals surface area contributed by atoms with Crippen molar-refractivity contribution in [2.24, 2.45) is 11.8 Å². The molecule has 2 rings (SSSR count). The number of carbonyl (C=O) groups excluding carboxylic acids is 3. The predicted octanol–water partition coefficient (Wildman–Crippen LogP) is 3.10. The number of carbonyl (C=O) groups is 3. The molecular formula is C15H15F6IO6. The average Bonchev–Trinajstić information content (AvgIpc) is 2.89. The molecule has 2 bridgehead atoms. The summed E-state index contributed by atoms with van der Waals surface area (Å²) in [5, 5.41) is 0. The molecule has 28 heavy (non-hydrogen) atoms. The molecule has 1 aliphatic carbocycles. The van der Waals surface area contributed by atoms with Gasteiger partial charge in [0.1, 0.15) is 16.1 Å². The van der Waals surface area contributed by atoms with Gasteiger partial charge in [0.2, 0.25) is 0 Å². The molecule has 1 saturated heterocycles. The molecule has 0 spiro atoms. The summed E-state index contributed by atoms with van der Waals surface area (Å²) < 4.78 is 89.0. The van der Waals surface area contributed by atoms with E-state index in [0.717, 1.165) is 0 Å². The molecule has 13 heteroatoms. The number of hydrogen-bond donors (Lipinski definition) is 0. The second kappa shape index (κ2) is 8.22. The van der Waals surface area contributed by atoms with Crippen LogP contribution in [0.1, 0.15) is 26.2 Å². The van der Waals surface area contributed by atoms with Crippen molar-refractivity contribution in [1.29, 1.82) is 0 Å². The van der Waals surface area contributed by atoms with Crippen molar-refractivity contribution in [2.75, 3.05) is 0 Å². The molecule has 0 N–H and O–H groups in total. The maximum Gasteiger partial charge on any atom is 0.434 e. The minimum atomic E-state index is -5.87. The molecule has 5 unspecified atom stereocenters. The fourth-order valence-corrected chi connectivity index (χ4v) is 3.20. The Morgan fingerprint density at radius 3 is 2.25 bits per heavy atom. The Balaban J connectivity index is 2.17. The monoisotopic (exact) mass is 532 g/mol. The summed E-state index contributed by atoms with van der Waals surface area (Å²) in [6.45, 7) is 1.69. The van der Waals surface area contributed by atoms with Gasteiger partial charge in [-0.05, 0) is 6.42 Å². The van der Waals surface area contributed by atoms with Crippen molar-refractivity contribution in [2.45, 2.75) is 60.8 Å². The largest absolute Gasteiger partial charge is 0.458 e. The van der Waals surface area contributed by atoms with E-state index in [1.165, 1.54) is 0 Å². The lowest BCUT2D eigenvalue weighted by molar-refractivity contribution is -0.314. The highest BCUT2D eigenvalue weighted by Crippen LogP contribution is 2.43. The Labute approximate surface area is 168 Å². The number of alkyl halides is 7. The van der Waals surface area contributed by atoms with E-state index in [9.17, 15) is 40.7 Å². The van der Waals surface area contributed by atoms with Gasteiger partial charge in [-0.2, -0.15) is 26.3 Å². The van der Waals surface area contributed by atoms with Crippen LogP contribution >= 0.6 is 22.6 Å². The van der Waals surface area contributed by atoms with Crippen molar-refractivity contribution >= 4 is 40.5 Å². The third-order valence-corrected chi connectivity index (χ3v) is 5.85. The molecule has 5 atom stereocenters. The third-order valence-electron chi connectivity index (χ3n) is 4.46. The number of ether oxygens (including phenoxy) is 3. The van der Waals surface area contributed by atoms with Gasteiger partial charge in [0.15, 0.2) is 0 Å². The fraction of sp³-hybridized carbons (Fsp3) is 0.800. The van der Waals surface area contributed by atoms with Gasteiger partial charge in [-0.3, -0.25) is 14.4 Å². The van der Waals surface area contributed by atoms with Crippen LogP contribution in [-0.2, 0) is 28.6 Å². The Morgan fingerprint density at radius 2 is 1.75 bits per heavy atom. The lowest BCUT2D eigenvalue weighted by Gasteiger charge is -2.32. The van der Waals surface area contributed by atoms with E-state index in [4.69, 9.17) is 9.47 Å². The minimum absolute atomic E-state index is 0.169. The maximum absolute atomic E-state index is 12.6. The summed E-state index contributed by atoms with van der Waals surface area (Å²) in [6.07, 6.45) is -18.4. The zero-order valence-corrected chi connectivity index (χ0v) is 16.3. The molecule has 0 aromatic rings. The molecule has 0 radical (unpaired) electrons. The van der Waals surface area contributed by atoms with E-state index in [1.54, 1.807) is 29.5 Å². The second-order valence-corrected chi connectivity index (χ2v) is 7.91. The standard InChI is InChI=1S/C15H15F6IO6/c1-2-7(22)12(25)27-9-4-6(5-3-8(9)26-10(5)23)11(24)28-13(14(16,17)18)15(19,20)21/h5-9,13H,2-4H2,1H3. The van der Waals surface area contributed by atoms with Crippen molar-refractivity contribution in [3.8, 4) is 0 Å². The van der Waals surface area contributed by atoms with Gasteiger partial charge >= 0.3 is 30.3 Å². The van der Waals surface area contributed by atoms with Gasteiger partial charge < -0.3 is 14.2 Å². The van der Waals surface area contributed by atoms with Gasteiger partial charge in [-0.25, -0.2) is 0 Å². The summed E-state index contributed by atoms with van der Waals surface area (Å²) in [4.78, 5) is 35.9. The normalized spacial score (nSPS) is 28.7. The number of rotatable bonds is 5. The van der Waals surface area contributed by atoms with Gasteiger partial charge in [-0.15, -0.1) is 0 Å². The van der Waals surface area contributed by atoms with E-state index < -0.39 is 70.8 Å². The van der Waals surface area contributed by atoms with E-state index in [-0.39, 0.29) is 6.42 Å². The molecule has 2 fully saturated rings. The van der Waals surface area contributed by atoms with Crippen LogP contribution in [0.5, 0.6) is 0 Å². The Morgan fingerprint density at radius 1 is 1.18 bits per heavy atom. The predicted molar refractivity (Wildman–Crippen MR) is 86.1 cm³/mol. The van der Waals surface area contributed by atoms with Crippen molar-refractivity contribution in [3.63, 3.8) is 0 Å². The molecule has 160 valence electrons.